The van der Waals surface area contributed by atoms with E-state index in [1.807, 2.05) is 31.7 Å². The number of anilines is 1. The summed E-state index contributed by atoms with van der Waals surface area (Å²) in [7, 11) is 2.09. The molecule has 1 aromatic heterocycles. The van der Waals surface area contributed by atoms with Crippen molar-refractivity contribution in [2.45, 2.75) is 26.3 Å². The third-order valence-corrected chi connectivity index (χ3v) is 4.56. The van der Waals surface area contributed by atoms with Gasteiger partial charge >= 0.3 is 0 Å². The van der Waals surface area contributed by atoms with Crippen molar-refractivity contribution in [1.29, 1.82) is 5.41 Å². The molecule has 18 heavy (non-hydrogen) atoms. The minimum absolute atomic E-state index is 0.104. The molecular weight excluding hydrogens is 244 g/mol. The van der Waals surface area contributed by atoms with Gasteiger partial charge in [0.1, 0.15) is 5.84 Å². The molecule has 0 saturated carbocycles. The van der Waals surface area contributed by atoms with E-state index in [-0.39, 0.29) is 5.84 Å². The molecule has 1 fully saturated rings. The van der Waals surface area contributed by atoms with E-state index in [1.54, 1.807) is 0 Å². The summed E-state index contributed by atoms with van der Waals surface area (Å²) in [5.74, 6) is 2.47. The Bertz CT molecular complexity index is 466. The second-order valence-electron chi connectivity index (χ2n) is 4.79. The first-order valence-corrected chi connectivity index (χ1v) is 7.29. The molecule has 4 nitrogen and oxygen atoms in total. The van der Waals surface area contributed by atoms with Crippen molar-refractivity contribution in [3.63, 3.8) is 0 Å². The number of rotatable bonds is 3. The highest BCUT2D eigenvalue weighted by Gasteiger charge is 2.24. The van der Waals surface area contributed by atoms with Crippen LogP contribution in [0.1, 0.15) is 23.4 Å². The Morgan fingerprint density at radius 3 is 2.83 bits per heavy atom. The van der Waals surface area contributed by atoms with Gasteiger partial charge in [0, 0.05) is 24.5 Å². The monoisotopic (exact) mass is 264 g/mol. The van der Waals surface area contributed by atoms with Crippen LogP contribution in [0, 0.1) is 19.3 Å². The standard InChI is InChI=1S/C13H20N4S/c1-8-6-11(12(13(14)15)9(2)16-8)17(3)10-4-5-18-7-10/h6,10H,4-5,7H2,1-3H3,(H3,14,15). The van der Waals surface area contributed by atoms with E-state index < -0.39 is 0 Å². The summed E-state index contributed by atoms with van der Waals surface area (Å²) in [5, 5.41) is 7.76. The molecule has 1 aromatic rings. The first-order valence-electron chi connectivity index (χ1n) is 6.14. The van der Waals surface area contributed by atoms with Gasteiger partial charge in [-0.1, -0.05) is 0 Å². The summed E-state index contributed by atoms with van der Waals surface area (Å²) in [4.78, 5) is 6.67. The fourth-order valence-corrected chi connectivity index (χ4v) is 3.71. The fourth-order valence-electron chi connectivity index (χ4n) is 2.44. The average molecular weight is 264 g/mol. The number of aromatic nitrogens is 1. The summed E-state index contributed by atoms with van der Waals surface area (Å²) < 4.78 is 0. The molecule has 0 radical (unpaired) electrons. The van der Waals surface area contributed by atoms with Crippen LogP contribution in [0.2, 0.25) is 0 Å². The number of nitrogens with two attached hydrogens (primary N) is 1. The molecule has 0 bridgehead atoms. The van der Waals surface area contributed by atoms with E-state index in [0.29, 0.717) is 6.04 Å². The lowest BCUT2D eigenvalue weighted by Gasteiger charge is -2.28. The third kappa shape index (κ3) is 2.46. The van der Waals surface area contributed by atoms with Gasteiger partial charge in [0.2, 0.25) is 0 Å². The SMILES string of the molecule is Cc1cc(N(C)C2CCSC2)c(C(=N)N)c(C)n1. The van der Waals surface area contributed by atoms with E-state index in [1.165, 1.54) is 12.2 Å². The van der Waals surface area contributed by atoms with Crippen molar-refractivity contribution >= 4 is 23.3 Å². The highest BCUT2D eigenvalue weighted by molar-refractivity contribution is 7.99. The van der Waals surface area contributed by atoms with Crippen LogP contribution in [0.5, 0.6) is 0 Å². The van der Waals surface area contributed by atoms with Crippen LogP contribution in [0.4, 0.5) is 5.69 Å². The Balaban J connectivity index is 2.44. The highest BCUT2D eigenvalue weighted by atomic mass is 32.2. The molecule has 0 aliphatic carbocycles. The van der Waals surface area contributed by atoms with E-state index >= 15 is 0 Å². The zero-order valence-electron chi connectivity index (χ0n) is 11.2. The molecule has 1 unspecified atom stereocenters. The summed E-state index contributed by atoms with van der Waals surface area (Å²) >= 11 is 1.99. The fraction of sp³-hybridized carbons (Fsp3) is 0.538. The lowest BCUT2D eigenvalue weighted by atomic mass is 10.1. The topological polar surface area (TPSA) is 66.0 Å². The average Bonchev–Trinajstić information content (AvgIpc) is 2.79. The van der Waals surface area contributed by atoms with Crippen molar-refractivity contribution in [2.24, 2.45) is 5.73 Å². The van der Waals surface area contributed by atoms with Crippen LogP contribution in [0.15, 0.2) is 6.07 Å². The largest absolute Gasteiger partial charge is 0.384 e. The number of pyridine rings is 1. The number of hydrogen-bond donors (Lipinski definition) is 2. The molecule has 98 valence electrons. The maximum atomic E-state index is 7.76. The van der Waals surface area contributed by atoms with Crippen molar-refractivity contribution < 1.29 is 0 Å². The molecule has 0 amide bonds. The highest BCUT2D eigenvalue weighted by Crippen LogP contribution is 2.29. The van der Waals surface area contributed by atoms with Gasteiger partial charge in [-0.05, 0) is 32.1 Å². The second-order valence-corrected chi connectivity index (χ2v) is 5.93. The van der Waals surface area contributed by atoms with Gasteiger partial charge in [-0.2, -0.15) is 11.8 Å². The Morgan fingerprint density at radius 2 is 2.28 bits per heavy atom. The number of nitrogens with zero attached hydrogens (tertiary/aromatic N) is 2. The van der Waals surface area contributed by atoms with E-state index in [2.05, 4.69) is 16.9 Å². The van der Waals surface area contributed by atoms with Crippen LogP contribution in [0.3, 0.4) is 0 Å². The van der Waals surface area contributed by atoms with Gasteiger partial charge < -0.3 is 10.6 Å². The smallest absolute Gasteiger partial charge is 0.126 e. The first kappa shape index (κ1) is 13.2. The van der Waals surface area contributed by atoms with E-state index in [4.69, 9.17) is 11.1 Å². The zero-order valence-corrected chi connectivity index (χ0v) is 12.0. The molecule has 2 heterocycles. The maximum absolute atomic E-state index is 7.76. The Labute approximate surface area is 112 Å². The number of nitrogen functional groups attached to an aromatic ring is 1. The molecular formula is C13H20N4S. The van der Waals surface area contributed by atoms with E-state index in [0.717, 1.165) is 28.4 Å². The predicted molar refractivity (Wildman–Crippen MR) is 78.9 cm³/mol. The quantitative estimate of drug-likeness (QED) is 0.646. The molecule has 1 atom stereocenters. The summed E-state index contributed by atoms with van der Waals surface area (Å²) in [6.45, 7) is 3.90. The zero-order chi connectivity index (χ0) is 13.3. The van der Waals surface area contributed by atoms with Crippen molar-refractivity contribution in [3.8, 4) is 0 Å². The molecule has 0 spiro atoms. The summed E-state index contributed by atoms with van der Waals surface area (Å²) in [6.07, 6.45) is 1.19. The van der Waals surface area contributed by atoms with Crippen LogP contribution in [-0.2, 0) is 0 Å². The minimum atomic E-state index is 0.104. The van der Waals surface area contributed by atoms with Gasteiger partial charge in [0.05, 0.1) is 16.9 Å². The molecule has 1 aliphatic heterocycles. The molecule has 2 rings (SSSR count). The van der Waals surface area contributed by atoms with Gasteiger partial charge in [-0.15, -0.1) is 0 Å². The number of hydrogen-bond acceptors (Lipinski definition) is 4. The first-order chi connectivity index (χ1) is 8.50. The van der Waals surface area contributed by atoms with Crippen LogP contribution in [0.25, 0.3) is 0 Å². The van der Waals surface area contributed by atoms with Crippen LogP contribution in [-0.4, -0.2) is 35.4 Å². The molecule has 0 aromatic carbocycles. The molecule has 5 heteroatoms. The van der Waals surface area contributed by atoms with Crippen LogP contribution < -0.4 is 10.6 Å². The van der Waals surface area contributed by atoms with Gasteiger partial charge in [0.15, 0.2) is 0 Å². The Kier molecular flexibility index (Phi) is 3.80. The minimum Gasteiger partial charge on any atom is -0.384 e. The van der Waals surface area contributed by atoms with Crippen molar-refractivity contribution in [2.75, 3.05) is 23.5 Å². The third-order valence-electron chi connectivity index (χ3n) is 3.41. The van der Waals surface area contributed by atoms with Crippen LogP contribution >= 0.6 is 11.8 Å². The Hall–Kier alpha value is -1.23. The lowest BCUT2D eigenvalue weighted by molar-refractivity contribution is 0.698. The summed E-state index contributed by atoms with van der Waals surface area (Å²) in [6, 6.07) is 2.57. The predicted octanol–water partition coefficient (Wildman–Crippen LogP) is 1.92. The number of nitrogens with one attached hydrogen (secondary N) is 1. The summed E-state index contributed by atoms with van der Waals surface area (Å²) in [5.41, 5.74) is 9.35. The molecule has 1 saturated heterocycles. The Morgan fingerprint density at radius 1 is 1.56 bits per heavy atom. The number of amidine groups is 1. The second kappa shape index (κ2) is 5.18. The van der Waals surface area contributed by atoms with Crippen molar-refractivity contribution in [1.82, 2.24) is 4.98 Å². The van der Waals surface area contributed by atoms with Gasteiger partial charge in [-0.25, -0.2) is 0 Å². The molecule has 3 N–H and O–H groups in total. The van der Waals surface area contributed by atoms with Gasteiger partial charge in [0.25, 0.3) is 0 Å². The normalized spacial score (nSPS) is 18.9. The number of thioether (sulfide) groups is 1. The maximum Gasteiger partial charge on any atom is 0.126 e. The lowest BCUT2D eigenvalue weighted by Crippen LogP contribution is -2.33. The number of aryl methyl sites for hydroxylation is 2. The van der Waals surface area contributed by atoms with Gasteiger partial charge in [-0.3, -0.25) is 10.4 Å². The molecule has 1 aliphatic rings. The van der Waals surface area contributed by atoms with E-state index in [9.17, 15) is 0 Å². The van der Waals surface area contributed by atoms with Crippen molar-refractivity contribution in [3.05, 3.63) is 23.0 Å².